The van der Waals surface area contributed by atoms with Crippen molar-refractivity contribution in [3.05, 3.63) is 58.7 Å². The van der Waals surface area contributed by atoms with E-state index in [1.165, 1.54) is 5.56 Å². The van der Waals surface area contributed by atoms with Gasteiger partial charge in [-0.25, -0.2) is 4.98 Å². The van der Waals surface area contributed by atoms with E-state index in [9.17, 15) is 0 Å². The van der Waals surface area contributed by atoms with Crippen molar-refractivity contribution in [3.8, 4) is 0 Å². The molecule has 0 aliphatic carbocycles. The predicted molar refractivity (Wildman–Crippen MR) is 87.3 cm³/mol. The Kier molecular flexibility index (Phi) is 5.89. The van der Waals surface area contributed by atoms with E-state index in [-0.39, 0.29) is 0 Å². The van der Waals surface area contributed by atoms with Crippen molar-refractivity contribution >= 4 is 23.4 Å². The van der Waals surface area contributed by atoms with Gasteiger partial charge in [0, 0.05) is 23.0 Å². The molecule has 1 heterocycles. The van der Waals surface area contributed by atoms with Gasteiger partial charge in [0.15, 0.2) is 0 Å². The Morgan fingerprint density at radius 1 is 1.25 bits per heavy atom. The average molecular weight is 307 g/mol. The number of halogens is 1. The van der Waals surface area contributed by atoms with Crippen LogP contribution in [0, 0.1) is 0 Å². The molecule has 0 saturated carbocycles. The maximum absolute atomic E-state index is 6.15. The van der Waals surface area contributed by atoms with Gasteiger partial charge in [0.05, 0.1) is 5.03 Å². The molecule has 0 saturated heterocycles. The summed E-state index contributed by atoms with van der Waals surface area (Å²) in [6.45, 7) is 5.22. The Labute approximate surface area is 130 Å². The normalized spacial score (nSPS) is 12.3. The zero-order valence-electron chi connectivity index (χ0n) is 11.8. The molecule has 0 amide bonds. The third-order valence-corrected chi connectivity index (χ3v) is 4.46. The standard InChI is InChI=1S/C16H19ClN2S/c1-3-18-12(2)13-8-9-16(19-10-13)20-11-14-6-4-5-7-15(14)17/h4-10,12,18H,3,11H2,1-2H3. The Morgan fingerprint density at radius 2 is 2.05 bits per heavy atom. The highest BCUT2D eigenvalue weighted by Crippen LogP contribution is 2.25. The molecule has 1 N–H and O–H groups in total. The summed E-state index contributed by atoms with van der Waals surface area (Å²) >= 11 is 7.86. The van der Waals surface area contributed by atoms with Gasteiger partial charge < -0.3 is 5.32 Å². The Hall–Kier alpha value is -1.03. The molecule has 2 rings (SSSR count). The Morgan fingerprint density at radius 3 is 2.70 bits per heavy atom. The summed E-state index contributed by atoms with van der Waals surface area (Å²) in [5.41, 5.74) is 2.36. The predicted octanol–water partition coefficient (Wildman–Crippen LogP) is 4.70. The first-order valence-corrected chi connectivity index (χ1v) is 8.12. The van der Waals surface area contributed by atoms with Gasteiger partial charge in [-0.15, -0.1) is 11.8 Å². The van der Waals surface area contributed by atoms with Gasteiger partial charge in [0.25, 0.3) is 0 Å². The molecule has 1 aromatic carbocycles. The maximum atomic E-state index is 6.15. The highest BCUT2D eigenvalue weighted by atomic mass is 35.5. The number of rotatable bonds is 6. The number of hydrogen-bond acceptors (Lipinski definition) is 3. The first-order chi connectivity index (χ1) is 9.70. The van der Waals surface area contributed by atoms with E-state index in [1.807, 2.05) is 24.4 Å². The molecule has 0 aliphatic rings. The van der Waals surface area contributed by atoms with Crippen LogP contribution >= 0.6 is 23.4 Å². The fourth-order valence-corrected chi connectivity index (χ4v) is 3.05. The molecule has 1 aromatic heterocycles. The maximum Gasteiger partial charge on any atom is 0.0963 e. The average Bonchev–Trinajstić information content (AvgIpc) is 2.47. The van der Waals surface area contributed by atoms with Crippen LogP contribution in [0.3, 0.4) is 0 Å². The first kappa shape index (κ1) is 15.4. The van der Waals surface area contributed by atoms with Gasteiger partial charge in [-0.3, -0.25) is 0 Å². The number of hydrogen-bond donors (Lipinski definition) is 1. The SMILES string of the molecule is CCNC(C)c1ccc(SCc2ccccc2Cl)nc1. The van der Waals surface area contributed by atoms with E-state index in [2.05, 4.69) is 42.3 Å². The fraction of sp³-hybridized carbons (Fsp3) is 0.312. The molecule has 2 aromatic rings. The van der Waals surface area contributed by atoms with Crippen molar-refractivity contribution < 1.29 is 0 Å². The van der Waals surface area contributed by atoms with Crippen LogP contribution in [0.15, 0.2) is 47.6 Å². The lowest BCUT2D eigenvalue weighted by Gasteiger charge is -2.12. The lowest BCUT2D eigenvalue weighted by atomic mass is 10.1. The summed E-state index contributed by atoms with van der Waals surface area (Å²) in [5.74, 6) is 0.842. The molecule has 0 fully saturated rings. The van der Waals surface area contributed by atoms with Crippen LogP contribution in [0.5, 0.6) is 0 Å². The first-order valence-electron chi connectivity index (χ1n) is 6.76. The quantitative estimate of drug-likeness (QED) is 0.783. The van der Waals surface area contributed by atoms with E-state index in [1.54, 1.807) is 11.8 Å². The third-order valence-electron chi connectivity index (χ3n) is 3.10. The van der Waals surface area contributed by atoms with Gasteiger partial charge in [0.1, 0.15) is 0 Å². The molecule has 1 unspecified atom stereocenters. The van der Waals surface area contributed by atoms with Gasteiger partial charge in [-0.1, -0.05) is 42.8 Å². The van der Waals surface area contributed by atoms with Crippen molar-refractivity contribution in [2.45, 2.75) is 30.7 Å². The third kappa shape index (κ3) is 4.23. The number of nitrogens with zero attached hydrogens (tertiary/aromatic N) is 1. The molecular weight excluding hydrogens is 288 g/mol. The van der Waals surface area contributed by atoms with Crippen LogP contribution in [0.1, 0.15) is 31.0 Å². The lowest BCUT2D eigenvalue weighted by Crippen LogP contribution is -2.17. The molecule has 0 aliphatic heterocycles. The lowest BCUT2D eigenvalue weighted by molar-refractivity contribution is 0.595. The monoisotopic (exact) mass is 306 g/mol. The van der Waals surface area contributed by atoms with Crippen molar-refractivity contribution in [3.63, 3.8) is 0 Å². The van der Waals surface area contributed by atoms with Crippen molar-refractivity contribution in [2.24, 2.45) is 0 Å². The van der Waals surface area contributed by atoms with E-state index in [0.29, 0.717) is 6.04 Å². The molecule has 0 radical (unpaired) electrons. The number of pyridine rings is 1. The minimum atomic E-state index is 0.343. The van der Waals surface area contributed by atoms with Crippen molar-refractivity contribution in [1.82, 2.24) is 10.3 Å². The molecule has 0 bridgehead atoms. The van der Waals surface area contributed by atoms with Crippen LogP contribution < -0.4 is 5.32 Å². The number of benzene rings is 1. The minimum Gasteiger partial charge on any atom is -0.310 e. The second-order valence-corrected chi connectivity index (χ2v) is 5.99. The summed E-state index contributed by atoms with van der Waals surface area (Å²) in [6, 6.07) is 12.5. The zero-order chi connectivity index (χ0) is 14.4. The van der Waals surface area contributed by atoms with Gasteiger partial charge in [-0.05, 0) is 36.7 Å². The van der Waals surface area contributed by atoms with Crippen LogP contribution in [0.2, 0.25) is 5.02 Å². The summed E-state index contributed by atoms with van der Waals surface area (Å²) in [6.07, 6.45) is 1.95. The largest absolute Gasteiger partial charge is 0.310 e. The molecule has 1 atom stereocenters. The molecular formula is C16H19ClN2S. The van der Waals surface area contributed by atoms with Crippen LogP contribution in [-0.4, -0.2) is 11.5 Å². The number of nitrogens with one attached hydrogen (secondary N) is 1. The van der Waals surface area contributed by atoms with Gasteiger partial charge in [-0.2, -0.15) is 0 Å². The van der Waals surface area contributed by atoms with Crippen LogP contribution in [0.4, 0.5) is 0 Å². The fourth-order valence-electron chi connectivity index (χ4n) is 1.92. The second kappa shape index (κ2) is 7.67. The Bertz CT molecular complexity index is 542. The summed E-state index contributed by atoms with van der Waals surface area (Å²) in [5, 5.41) is 5.22. The number of aromatic nitrogens is 1. The highest BCUT2D eigenvalue weighted by molar-refractivity contribution is 7.98. The van der Waals surface area contributed by atoms with Crippen LogP contribution in [-0.2, 0) is 5.75 Å². The van der Waals surface area contributed by atoms with Crippen molar-refractivity contribution in [1.29, 1.82) is 0 Å². The molecule has 20 heavy (non-hydrogen) atoms. The van der Waals surface area contributed by atoms with Crippen molar-refractivity contribution in [2.75, 3.05) is 6.54 Å². The number of thioether (sulfide) groups is 1. The molecule has 0 spiro atoms. The Balaban J connectivity index is 1.96. The molecule has 106 valence electrons. The van der Waals surface area contributed by atoms with E-state index >= 15 is 0 Å². The van der Waals surface area contributed by atoms with Gasteiger partial charge in [0.2, 0.25) is 0 Å². The van der Waals surface area contributed by atoms with E-state index < -0.39 is 0 Å². The second-order valence-electron chi connectivity index (χ2n) is 4.59. The van der Waals surface area contributed by atoms with E-state index in [0.717, 1.165) is 27.9 Å². The summed E-state index contributed by atoms with van der Waals surface area (Å²) < 4.78 is 0. The topological polar surface area (TPSA) is 24.9 Å². The van der Waals surface area contributed by atoms with Gasteiger partial charge >= 0.3 is 0 Å². The van der Waals surface area contributed by atoms with E-state index in [4.69, 9.17) is 11.6 Å². The summed E-state index contributed by atoms with van der Waals surface area (Å²) in [4.78, 5) is 4.51. The highest BCUT2D eigenvalue weighted by Gasteiger charge is 2.05. The molecule has 2 nitrogen and oxygen atoms in total. The van der Waals surface area contributed by atoms with Crippen LogP contribution in [0.25, 0.3) is 0 Å². The summed E-state index contributed by atoms with van der Waals surface area (Å²) in [7, 11) is 0. The molecule has 4 heteroatoms. The smallest absolute Gasteiger partial charge is 0.0963 e. The minimum absolute atomic E-state index is 0.343. The zero-order valence-corrected chi connectivity index (χ0v) is 13.3.